The molecule has 112 valence electrons. The highest BCUT2D eigenvalue weighted by Gasteiger charge is 2.29. The van der Waals surface area contributed by atoms with Crippen LogP contribution in [0.25, 0.3) is 0 Å². The average Bonchev–Trinajstić information content (AvgIpc) is 2.80. The van der Waals surface area contributed by atoms with Crippen molar-refractivity contribution in [3.63, 3.8) is 0 Å². The zero-order valence-corrected chi connectivity index (χ0v) is 13.4. The van der Waals surface area contributed by atoms with E-state index < -0.39 is 20.6 Å². The van der Waals surface area contributed by atoms with E-state index in [-0.39, 0.29) is 23.3 Å². The van der Waals surface area contributed by atoms with Gasteiger partial charge in [-0.2, -0.15) is 0 Å². The quantitative estimate of drug-likeness (QED) is 0.602. The van der Waals surface area contributed by atoms with Gasteiger partial charge in [-0.05, 0) is 25.1 Å². The van der Waals surface area contributed by atoms with Crippen LogP contribution in [-0.2, 0) is 10.0 Å². The zero-order chi connectivity index (χ0) is 14.0. The Morgan fingerprint density at radius 3 is 2.70 bits per heavy atom. The van der Waals surface area contributed by atoms with E-state index in [4.69, 9.17) is 0 Å². The molecule has 2 rings (SSSR count). The second-order valence-corrected chi connectivity index (χ2v) is 6.78. The second kappa shape index (κ2) is 6.81. The number of sulfonamides is 1. The standard InChI is InChI=1S/C10H12BrN3O4S.ClH/c11-7-1-2-10(9(5-7)14(15)16)19(17,18)13-8-3-4-12-6-8;/h1-2,5,8,12-13H,3-4,6H2;1H. The van der Waals surface area contributed by atoms with E-state index in [0.29, 0.717) is 17.4 Å². The molecule has 1 aromatic rings. The van der Waals surface area contributed by atoms with Crippen LogP contribution in [0.3, 0.4) is 0 Å². The van der Waals surface area contributed by atoms with E-state index in [0.717, 1.165) is 6.54 Å². The van der Waals surface area contributed by atoms with Gasteiger partial charge in [-0.1, -0.05) is 15.9 Å². The highest BCUT2D eigenvalue weighted by Crippen LogP contribution is 2.27. The van der Waals surface area contributed by atoms with Gasteiger partial charge in [0.1, 0.15) is 0 Å². The summed E-state index contributed by atoms with van der Waals surface area (Å²) in [5.41, 5.74) is -0.437. The topological polar surface area (TPSA) is 101 Å². The van der Waals surface area contributed by atoms with Crippen molar-refractivity contribution >= 4 is 44.0 Å². The van der Waals surface area contributed by atoms with E-state index in [1.165, 1.54) is 18.2 Å². The lowest BCUT2D eigenvalue weighted by Crippen LogP contribution is -2.36. The lowest BCUT2D eigenvalue weighted by atomic mass is 10.3. The van der Waals surface area contributed by atoms with Gasteiger partial charge in [0.15, 0.2) is 4.90 Å². The van der Waals surface area contributed by atoms with Crippen LogP contribution in [0.15, 0.2) is 27.6 Å². The molecule has 0 aliphatic carbocycles. The predicted molar refractivity (Wildman–Crippen MR) is 79.6 cm³/mol. The van der Waals surface area contributed by atoms with E-state index in [1.807, 2.05) is 0 Å². The van der Waals surface area contributed by atoms with Crippen molar-refractivity contribution in [3.05, 3.63) is 32.8 Å². The smallest absolute Gasteiger partial charge is 0.290 e. The minimum atomic E-state index is -3.89. The molecule has 1 aliphatic heterocycles. The molecule has 2 N–H and O–H groups in total. The fraction of sp³-hybridized carbons (Fsp3) is 0.400. The van der Waals surface area contributed by atoms with Gasteiger partial charge < -0.3 is 5.32 Å². The van der Waals surface area contributed by atoms with Gasteiger partial charge >= 0.3 is 0 Å². The van der Waals surface area contributed by atoms with Crippen LogP contribution in [0, 0.1) is 10.1 Å². The molecule has 0 aromatic heterocycles. The molecule has 1 unspecified atom stereocenters. The van der Waals surface area contributed by atoms with Gasteiger partial charge in [0, 0.05) is 23.1 Å². The number of nitro groups is 1. The van der Waals surface area contributed by atoms with Gasteiger partial charge in [0.25, 0.3) is 5.69 Å². The lowest BCUT2D eigenvalue weighted by molar-refractivity contribution is -0.387. The molecule has 7 nitrogen and oxygen atoms in total. The molecule has 20 heavy (non-hydrogen) atoms. The molecule has 10 heteroatoms. The Morgan fingerprint density at radius 1 is 1.45 bits per heavy atom. The van der Waals surface area contributed by atoms with E-state index in [1.54, 1.807) is 0 Å². The third kappa shape index (κ3) is 3.89. The van der Waals surface area contributed by atoms with Crippen molar-refractivity contribution in [2.75, 3.05) is 13.1 Å². The third-order valence-electron chi connectivity index (χ3n) is 2.79. The first-order valence-corrected chi connectivity index (χ1v) is 7.85. The molecule has 1 saturated heterocycles. The molecule has 1 aliphatic rings. The predicted octanol–water partition coefficient (Wildman–Crippen LogP) is 1.42. The summed E-state index contributed by atoms with van der Waals surface area (Å²) in [6, 6.07) is 3.65. The SMILES string of the molecule is Cl.O=[N+]([O-])c1cc(Br)ccc1S(=O)(=O)NC1CCNC1. The number of nitrogens with zero attached hydrogens (tertiary/aromatic N) is 1. The van der Waals surface area contributed by atoms with Crippen molar-refractivity contribution < 1.29 is 13.3 Å². The number of rotatable bonds is 4. The van der Waals surface area contributed by atoms with E-state index in [2.05, 4.69) is 26.0 Å². The molecular weight excluding hydrogens is 374 g/mol. The number of benzene rings is 1. The molecule has 0 bridgehead atoms. The van der Waals surface area contributed by atoms with Gasteiger partial charge in [-0.25, -0.2) is 13.1 Å². The van der Waals surface area contributed by atoms with Gasteiger partial charge in [0.2, 0.25) is 10.0 Å². The Hall–Kier alpha value is -0.740. The average molecular weight is 387 g/mol. The highest BCUT2D eigenvalue weighted by molar-refractivity contribution is 9.10. The molecular formula is C10H13BrClN3O4S. The monoisotopic (exact) mass is 385 g/mol. The Kier molecular flexibility index (Phi) is 5.90. The summed E-state index contributed by atoms with van der Waals surface area (Å²) < 4.78 is 27.3. The number of nitro benzene ring substituents is 1. The highest BCUT2D eigenvalue weighted by atomic mass is 79.9. The molecule has 1 fully saturated rings. The van der Waals surface area contributed by atoms with E-state index in [9.17, 15) is 18.5 Å². The number of halogens is 2. The normalized spacial score (nSPS) is 18.6. The first-order chi connectivity index (χ1) is 8.90. The van der Waals surface area contributed by atoms with Crippen molar-refractivity contribution in [1.29, 1.82) is 0 Å². The minimum Gasteiger partial charge on any atom is -0.315 e. The Morgan fingerprint density at radius 2 is 2.15 bits per heavy atom. The van der Waals surface area contributed by atoms with Crippen LogP contribution in [0.5, 0.6) is 0 Å². The van der Waals surface area contributed by atoms with Crippen LogP contribution in [0.1, 0.15) is 6.42 Å². The summed E-state index contributed by atoms with van der Waals surface area (Å²) >= 11 is 3.09. The molecule has 1 heterocycles. The molecule has 0 spiro atoms. The summed E-state index contributed by atoms with van der Waals surface area (Å²) in [6.45, 7) is 1.26. The van der Waals surface area contributed by atoms with E-state index >= 15 is 0 Å². The lowest BCUT2D eigenvalue weighted by Gasteiger charge is -2.12. The number of hydrogen-bond acceptors (Lipinski definition) is 5. The maximum atomic E-state index is 12.2. The fourth-order valence-corrected chi connectivity index (χ4v) is 3.67. The molecule has 1 aromatic carbocycles. The van der Waals surface area contributed by atoms with Crippen LogP contribution in [0.4, 0.5) is 5.69 Å². The van der Waals surface area contributed by atoms with Crippen LogP contribution in [0.2, 0.25) is 0 Å². The zero-order valence-electron chi connectivity index (χ0n) is 10.2. The summed E-state index contributed by atoms with van der Waals surface area (Å²) in [4.78, 5) is 9.92. The van der Waals surface area contributed by atoms with Gasteiger partial charge in [0.05, 0.1) is 4.92 Å². The largest absolute Gasteiger partial charge is 0.315 e. The minimum absolute atomic E-state index is 0. The van der Waals surface area contributed by atoms with Crippen molar-refractivity contribution in [3.8, 4) is 0 Å². The first-order valence-electron chi connectivity index (χ1n) is 5.57. The van der Waals surface area contributed by atoms with Crippen molar-refractivity contribution in [2.45, 2.75) is 17.4 Å². The molecule has 0 radical (unpaired) electrons. The Labute approximate surface area is 130 Å². The summed E-state index contributed by atoms with van der Waals surface area (Å²) in [5.74, 6) is 0. The van der Waals surface area contributed by atoms with Crippen LogP contribution < -0.4 is 10.0 Å². The Bertz CT molecular complexity index is 605. The summed E-state index contributed by atoms with van der Waals surface area (Å²) in [5, 5.41) is 14.0. The van der Waals surface area contributed by atoms with Crippen molar-refractivity contribution in [2.24, 2.45) is 0 Å². The Balaban J connectivity index is 0.00000200. The van der Waals surface area contributed by atoms with Gasteiger partial charge in [-0.3, -0.25) is 10.1 Å². The molecule has 1 atom stereocenters. The maximum Gasteiger partial charge on any atom is 0.290 e. The second-order valence-electron chi connectivity index (χ2n) is 4.18. The first kappa shape index (κ1) is 17.3. The summed E-state index contributed by atoms with van der Waals surface area (Å²) in [7, 11) is -3.89. The fourth-order valence-electron chi connectivity index (χ4n) is 1.90. The van der Waals surface area contributed by atoms with Gasteiger partial charge in [-0.15, -0.1) is 12.4 Å². The summed E-state index contributed by atoms with van der Waals surface area (Å²) in [6.07, 6.45) is 0.670. The molecule has 0 amide bonds. The maximum absolute atomic E-state index is 12.2. The van der Waals surface area contributed by atoms with Crippen LogP contribution >= 0.6 is 28.3 Å². The molecule has 0 saturated carbocycles. The number of nitrogens with one attached hydrogen (secondary N) is 2. The van der Waals surface area contributed by atoms with Crippen LogP contribution in [-0.4, -0.2) is 32.5 Å². The number of hydrogen-bond donors (Lipinski definition) is 2. The third-order valence-corrected chi connectivity index (χ3v) is 4.85. The van der Waals surface area contributed by atoms with Crippen molar-refractivity contribution in [1.82, 2.24) is 10.0 Å².